The van der Waals surface area contributed by atoms with E-state index in [0.717, 1.165) is 25.1 Å². The highest BCUT2D eigenvalue weighted by atomic mass is 32.1. The van der Waals surface area contributed by atoms with Gasteiger partial charge in [-0.2, -0.15) is 0 Å². The SMILES string of the molecule is CN(CCc1cccs1)Cc1ccc(C(=N)N)cc1. The first kappa shape index (κ1) is 13.8. The first-order valence-corrected chi connectivity index (χ1v) is 7.17. The number of hydrogen-bond acceptors (Lipinski definition) is 3. The van der Waals surface area contributed by atoms with Crippen molar-refractivity contribution in [2.75, 3.05) is 13.6 Å². The van der Waals surface area contributed by atoms with Crippen LogP contribution in [0, 0.1) is 5.41 Å². The number of thiophene rings is 1. The van der Waals surface area contributed by atoms with Crippen molar-refractivity contribution >= 4 is 17.2 Å². The first-order chi connectivity index (χ1) is 9.15. The molecule has 0 bridgehead atoms. The smallest absolute Gasteiger partial charge is 0.122 e. The van der Waals surface area contributed by atoms with Gasteiger partial charge in [0.15, 0.2) is 0 Å². The van der Waals surface area contributed by atoms with Crippen molar-refractivity contribution in [1.82, 2.24) is 4.90 Å². The summed E-state index contributed by atoms with van der Waals surface area (Å²) in [6.45, 7) is 1.97. The van der Waals surface area contributed by atoms with E-state index in [-0.39, 0.29) is 5.84 Å². The lowest BCUT2D eigenvalue weighted by Gasteiger charge is -2.16. The van der Waals surface area contributed by atoms with E-state index in [0.29, 0.717) is 0 Å². The lowest BCUT2D eigenvalue weighted by atomic mass is 10.1. The quantitative estimate of drug-likeness (QED) is 0.628. The van der Waals surface area contributed by atoms with Crippen molar-refractivity contribution in [3.63, 3.8) is 0 Å². The number of hydrogen-bond donors (Lipinski definition) is 2. The van der Waals surface area contributed by atoms with E-state index in [1.165, 1.54) is 10.4 Å². The summed E-state index contributed by atoms with van der Waals surface area (Å²) in [5.41, 5.74) is 7.47. The lowest BCUT2D eigenvalue weighted by Crippen LogP contribution is -2.20. The van der Waals surface area contributed by atoms with Gasteiger partial charge in [0, 0.05) is 23.5 Å². The highest BCUT2D eigenvalue weighted by molar-refractivity contribution is 7.09. The molecule has 0 amide bonds. The summed E-state index contributed by atoms with van der Waals surface area (Å²) in [5.74, 6) is 0.123. The molecule has 0 aliphatic carbocycles. The van der Waals surface area contributed by atoms with Gasteiger partial charge in [-0.15, -0.1) is 11.3 Å². The maximum absolute atomic E-state index is 7.36. The van der Waals surface area contributed by atoms with Crippen LogP contribution in [-0.4, -0.2) is 24.3 Å². The molecule has 100 valence electrons. The molecular formula is C15H19N3S. The van der Waals surface area contributed by atoms with Gasteiger partial charge in [-0.1, -0.05) is 30.3 Å². The van der Waals surface area contributed by atoms with E-state index in [1.807, 2.05) is 35.6 Å². The minimum atomic E-state index is 0.123. The molecule has 1 aromatic carbocycles. The predicted molar refractivity (Wildman–Crippen MR) is 81.8 cm³/mol. The molecular weight excluding hydrogens is 254 g/mol. The summed E-state index contributed by atoms with van der Waals surface area (Å²) in [5, 5.41) is 9.48. The Morgan fingerprint density at radius 3 is 2.58 bits per heavy atom. The van der Waals surface area contributed by atoms with Crippen LogP contribution in [0.3, 0.4) is 0 Å². The Morgan fingerprint density at radius 1 is 1.26 bits per heavy atom. The highest BCUT2D eigenvalue weighted by Gasteiger charge is 2.03. The number of nitrogens with zero attached hydrogens (tertiary/aromatic N) is 1. The van der Waals surface area contributed by atoms with Crippen molar-refractivity contribution in [3.8, 4) is 0 Å². The molecule has 0 radical (unpaired) electrons. The predicted octanol–water partition coefficient (Wildman–Crippen LogP) is 2.71. The second-order valence-electron chi connectivity index (χ2n) is 4.68. The van der Waals surface area contributed by atoms with Crippen molar-refractivity contribution in [2.45, 2.75) is 13.0 Å². The number of nitrogens with one attached hydrogen (secondary N) is 1. The monoisotopic (exact) mass is 273 g/mol. The maximum Gasteiger partial charge on any atom is 0.122 e. The van der Waals surface area contributed by atoms with E-state index in [9.17, 15) is 0 Å². The van der Waals surface area contributed by atoms with Crippen LogP contribution in [0.5, 0.6) is 0 Å². The Bertz CT molecular complexity index is 517. The molecule has 0 aliphatic rings. The summed E-state index contributed by atoms with van der Waals surface area (Å²) in [6.07, 6.45) is 1.10. The van der Waals surface area contributed by atoms with E-state index >= 15 is 0 Å². The Balaban J connectivity index is 1.84. The minimum absolute atomic E-state index is 0.123. The molecule has 0 atom stereocenters. The number of nitrogens with two attached hydrogens (primary N) is 1. The number of benzene rings is 1. The van der Waals surface area contributed by atoms with Crippen LogP contribution in [-0.2, 0) is 13.0 Å². The molecule has 0 aliphatic heterocycles. The second-order valence-corrected chi connectivity index (χ2v) is 5.71. The summed E-state index contributed by atoms with van der Waals surface area (Å²) < 4.78 is 0. The molecule has 0 saturated carbocycles. The zero-order valence-electron chi connectivity index (χ0n) is 11.1. The molecule has 3 nitrogen and oxygen atoms in total. The number of amidine groups is 1. The van der Waals surface area contributed by atoms with Gasteiger partial charge in [-0.05, 0) is 30.5 Å². The first-order valence-electron chi connectivity index (χ1n) is 6.29. The average molecular weight is 273 g/mol. The van der Waals surface area contributed by atoms with Crippen LogP contribution in [0.2, 0.25) is 0 Å². The third-order valence-electron chi connectivity index (χ3n) is 3.04. The highest BCUT2D eigenvalue weighted by Crippen LogP contribution is 2.11. The normalized spacial score (nSPS) is 10.8. The third-order valence-corrected chi connectivity index (χ3v) is 3.97. The molecule has 2 aromatic rings. The van der Waals surface area contributed by atoms with Crippen molar-refractivity contribution in [3.05, 3.63) is 57.8 Å². The molecule has 19 heavy (non-hydrogen) atoms. The van der Waals surface area contributed by atoms with E-state index in [4.69, 9.17) is 11.1 Å². The van der Waals surface area contributed by atoms with Gasteiger partial charge < -0.3 is 10.6 Å². The van der Waals surface area contributed by atoms with Gasteiger partial charge in [-0.25, -0.2) is 0 Å². The molecule has 3 N–H and O–H groups in total. The van der Waals surface area contributed by atoms with Gasteiger partial charge in [0.25, 0.3) is 0 Å². The molecule has 4 heteroatoms. The van der Waals surface area contributed by atoms with Gasteiger partial charge >= 0.3 is 0 Å². The number of rotatable bonds is 6. The van der Waals surface area contributed by atoms with Crippen molar-refractivity contribution in [1.29, 1.82) is 5.41 Å². The zero-order valence-corrected chi connectivity index (χ0v) is 11.9. The van der Waals surface area contributed by atoms with Gasteiger partial charge in [-0.3, -0.25) is 5.41 Å². The largest absolute Gasteiger partial charge is 0.384 e. The zero-order chi connectivity index (χ0) is 13.7. The molecule has 1 aromatic heterocycles. The Labute approximate surface area is 118 Å². The third kappa shape index (κ3) is 4.19. The Kier molecular flexibility index (Phi) is 4.71. The van der Waals surface area contributed by atoms with Gasteiger partial charge in [0.1, 0.15) is 5.84 Å². The van der Waals surface area contributed by atoms with E-state index in [1.54, 1.807) is 0 Å². The Morgan fingerprint density at radius 2 is 2.00 bits per heavy atom. The molecule has 0 saturated heterocycles. The number of likely N-dealkylation sites (N-methyl/N-ethyl adjacent to an activating group) is 1. The van der Waals surface area contributed by atoms with Crippen LogP contribution < -0.4 is 5.73 Å². The summed E-state index contributed by atoms with van der Waals surface area (Å²) in [4.78, 5) is 3.74. The van der Waals surface area contributed by atoms with Crippen LogP contribution in [0.15, 0.2) is 41.8 Å². The summed E-state index contributed by atoms with van der Waals surface area (Å²) >= 11 is 1.81. The fraction of sp³-hybridized carbons (Fsp3) is 0.267. The van der Waals surface area contributed by atoms with Crippen LogP contribution >= 0.6 is 11.3 Å². The topological polar surface area (TPSA) is 53.1 Å². The average Bonchev–Trinajstić information content (AvgIpc) is 2.90. The molecule has 0 spiro atoms. The van der Waals surface area contributed by atoms with Crippen LogP contribution in [0.1, 0.15) is 16.0 Å². The second kappa shape index (κ2) is 6.50. The number of nitrogen functional groups attached to an aromatic ring is 1. The molecule has 0 fully saturated rings. The van der Waals surface area contributed by atoms with Gasteiger partial charge in [0.2, 0.25) is 0 Å². The molecule has 2 rings (SSSR count). The minimum Gasteiger partial charge on any atom is -0.384 e. The molecule has 1 heterocycles. The van der Waals surface area contributed by atoms with Crippen molar-refractivity contribution < 1.29 is 0 Å². The molecule has 0 unspecified atom stereocenters. The van der Waals surface area contributed by atoms with E-state index < -0.39 is 0 Å². The fourth-order valence-corrected chi connectivity index (χ4v) is 2.63. The standard InChI is InChI=1S/C15H19N3S/c1-18(9-8-14-3-2-10-19-14)11-12-4-6-13(7-5-12)15(16)17/h2-7,10H,8-9,11H2,1H3,(H3,16,17). The van der Waals surface area contributed by atoms with Crippen LogP contribution in [0.25, 0.3) is 0 Å². The Hall–Kier alpha value is -1.65. The van der Waals surface area contributed by atoms with Gasteiger partial charge in [0.05, 0.1) is 0 Å². The van der Waals surface area contributed by atoms with Crippen molar-refractivity contribution in [2.24, 2.45) is 5.73 Å². The van der Waals surface area contributed by atoms with Crippen LogP contribution in [0.4, 0.5) is 0 Å². The maximum atomic E-state index is 7.36. The fourth-order valence-electron chi connectivity index (χ4n) is 1.94. The summed E-state index contributed by atoms with van der Waals surface area (Å²) in [6, 6.07) is 12.2. The summed E-state index contributed by atoms with van der Waals surface area (Å²) in [7, 11) is 2.13. The van der Waals surface area contributed by atoms with E-state index in [2.05, 4.69) is 29.5 Å². The lowest BCUT2D eigenvalue weighted by molar-refractivity contribution is 0.332.